The predicted octanol–water partition coefficient (Wildman–Crippen LogP) is 2.97. The number of carbonyl (C=O) groups is 2. The largest absolute Gasteiger partial charge is 0.366 e. The standard InChI is InChI=1S/C24H19FN6O2/c1-12-18(13(2)31(30-12)11-15-8-6-14(10-26)7-9-15)20-19(23(27)32)16-4-3-5-17(25)21(16)29-22(20)24(28)33/h3-9H,11H2,1-2H3,(H2,27,32)(H2,28,33). The second-order valence-electron chi connectivity index (χ2n) is 7.59. The summed E-state index contributed by atoms with van der Waals surface area (Å²) in [6.07, 6.45) is 0. The summed E-state index contributed by atoms with van der Waals surface area (Å²) in [6, 6.07) is 13.3. The van der Waals surface area contributed by atoms with Crippen molar-refractivity contribution in [2.24, 2.45) is 11.5 Å². The summed E-state index contributed by atoms with van der Waals surface area (Å²) < 4.78 is 16.2. The number of pyridine rings is 1. The molecule has 0 saturated heterocycles. The molecule has 0 fully saturated rings. The highest BCUT2D eigenvalue weighted by Gasteiger charge is 2.28. The molecule has 2 heterocycles. The van der Waals surface area contributed by atoms with Gasteiger partial charge in [0.2, 0.25) is 5.91 Å². The Labute approximate surface area is 188 Å². The first-order chi connectivity index (χ1) is 15.7. The van der Waals surface area contributed by atoms with Crippen molar-refractivity contribution in [3.63, 3.8) is 0 Å². The van der Waals surface area contributed by atoms with Gasteiger partial charge in [-0.25, -0.2) is 9.37 Å². The number of aromatic nitrogens is 3. The quantitative estimate of drug-likeness (QED) is 0.489. The number of hydrogen-bond donors (Lipinski definition) is 2. The van der Waals surface area contributed by atoms with Gasteiger partial charge in [0.25, 0.3) is 5.91 Å². The van der Waals surface area contributed by atoms with Crippen LogP contribution in [0.5, 0.6) is 0 Å². The molecule has 0 saturated carbocycles. The van der Waals surface area contributed by atoms with E-state index in [1.807, 2.05) is 12.1 Å². The van der Waals surface area contributed by atoms with Gasteiger partial charge in [0.15, 0.2) is 0 Å². The molecular weight excluding hydrogens is 423 g/mol. The number of nitrogens with two attached hydrogens (primary N) is 2. The second-order valence-corrected chi connectivity index (χ2v) is 7.59. The summed E-state index contributed by atoms with van der Waals surface area (Å²) in [5, 5.41) is 13.7. The molecule has 9 heteroatoms. The fourth-order valence-electron chi connectivity index (χ4n) is 4.00. The third-order valence-corrected chi connectivity index (χ3v) is 5.49. The average Bonchev–Trinajstić information content (AvgIpc) is 3.05. The van der Waals surface area contributed by atoms with Crippen LogP contribution in [0.1, 0.15) is 43.4 Å². The van der Waals surface area contributed by atoms with E-state index < -0.39 is 17.6 Å². The number of para-hydroxylation sites is 1. The maximum Gasteiger partial charge on any atom is 0.268 e. The molecule has 0 unspecified atom stereocenters. The van der Waals surface area contributed by atoms with Gasteiger partial charge in [-0.1, -0.05) is 24.3 Å². The second kappa shape index (κ2) is 8.16. The van der Waals surface area contributed by atoms with Gasteiger partial charge in [-0.15, -0.1) is 0 Å². The maximum atomic E-state index is 14.5. The number of carbonyl (C=O) groups excluding carboxylic acids is 2. The van der Waals surface area contributed by atoms with Gasteiger partial charge < -0.3 is 11.5 Å². The number of amides is 2. The first-order valence-electron chi connectivity index (χ1n) is 9.98. The van der Waals surface area contributed by atoms with Crippen molar-refractivity contribution in [1.82, 2.24) is 14.8 Å². The van der Waals surface area contributed by atoms with Gasteiger partial charge >= 0.3 is 0 Å². The molecule has 2 aromatic carbocycles. The Bertz CT molecular complexity index is 1480. The van der Waals surface area contributed by atoms with Crippen LogP contribution in [-0.4, -0.2) is 26.6 Å². The molecule has 0 aliphatic carbocycles. The lowest BCUT2D eigenvalue weighted by atomic mass is 9.92. The number of hydrogen-bond acceptors (Lipinski definition) is 5. The fraction of sp³-hybridized carbons (Fsp3) is 0.125. The normalized spacial score (nSPS) is 10.8. The zero-order chi connectivity index (χ0) is 23.9. The van der Waals surface area contributed by atoms with E-state index in [-0.39, 0.29) is 27.7 Å². The molecule has 0 atom stereocenters. The van der Waals surface area contributed by atoms with E-state index in [1.165, 1.54) is 18.2 Å². The smallest absolute Gasteiger partial charge is 0.268 e. The molecule has 4 N–H and O–H groups in total. The highest BCUT2D eigenvalue weighted by Crippen LogP contribution is 2.36. The number of primary amides is 2. The van der Waals surface area contributed by atoms with Crippen LogP contribution in [0, 0.1) is 31.0 Å². The number of nitriles is 1. The van der Waals surface area contributed by atoms with E-state index in [0.717, 1.165) is 5.56 Å². The fourth-order valence-corrected chi connectivity index (χ4v) is 4.00. The summed E-state index contributed by atoms with van der Waals surface area (Å²) in [7, 11) is 0. The summed E-state index contributed by atoms with van der Waals surface area (Å²) in [5.74, 6) is -2.46. The zero-order valence-corrected chi connectivity index (χ0v) is 17.9. The minimum Gasteiger partial charge on any atom is -0.366 e. The Balaban J connectivity index is 1.98. The van der Waals surface area contributed by atoms with Crippen LogP contribution in [0.4, 0.5) is 4.39 Å². The first kappa shape index (κ1) is 21.6. The molecule has 4 aromatic rings. The van der Waals surface area contributed by atoms with E-state index in [9.17, 15) is 14.0 Å². The van der Waals surface area contributed by atoms with Gasteiger partial charge in [-0.05, 0) is 37.6 Å². The van der Waals surface area contributed by atoms with Gasteiger partial charge in [-0.3, -0.25) is 14.3 Å². The molecule has 33 heavy (non-hydrogen) atoms. The minimum atomic E-state index is -0.920. The van der Waals surface area contributed by atoms with Gasteiger partial charge in [0.05, 0.1) is 29.4 Å². The van der Waals surface area contributed by atoms with E-state index >= 15 is 0 Å². The number of benzene rings is 2. The lowest BCUT2D eigenvalue weighted by Gasteiger charge is -2.15. The monoisotopic (exact) mass is 442 g/mol. The molecule has 164 valence electrons. The topological polar surface area (TPSA) is 141 Å². The maximum absolute atomic E-state index is 14.5. The van der Waals surface area contributed by atoms with Crippen molar-refractivity contribution in [2.45, 2.75) is 20.4 Å². The van der Waals surface area contributed by atoms with Crippen LogP contribution in [0.3, 0.4) is 0 Å². The van der Waals surface area contributed by atoms with Crippen molar-refractivity contribution >= 4 is 22.7 Å². The third kappa shape index (κ3) is 3.68. The molecule has 0 bridgehead atoms. The van der Waals surface area contributed by atoms with Crippen molar-refractivity contribution in [3.8, 4) is 17.2 Å². The van der Waals surface area contributed by atoms with Gasteiger partial charge in [0.1, 0.15) is 17.0 Å². The van der Waals surface area contributed by atoms with Gasteiger partial charge in [-0.2, -0.15) is 10.4 Å². The first-order valence-corrected chi connectivity index (χ1v) is 9.98. The number of aryl methyl sites for hydroxylation is 1. The number of rotatable bonds is 5. The SMILES string of the molecule is Cc1nn(Cc2ccc(C#N)cc2)c(C)c1-c1c(C(N)=O)nc2c(F)cccc2c1C(N)=O. The zero-order valence-electron chi connectivity index (χ0n) is 17.9. The molecule has 4 rings (SSSR count). The summed E-state index contributed by atoms with van der Waals surface area (Å²) in [5.41, 5.74) is 14.0. The highest BCUT2D eigenvalue weighted by molar-refractivity contribution is 6.15. The number of nitrogens with zero attached hydrogens (tertiary/aromatic N) is 4. The molecule has 0 aliphatic rings. The minimum absolute atomic E-state index is 0.0441. The lowest BCUT2D eigenvalue weighted by molar-refractivity contribution is 0.0996. The van der Waals surface area contributed by atoms with E-state index in [4.69, 9.17) is 16.7 Å². The molecule has 0 radical (unpaired) electrons. The molecule has 0 aliphatic heterocycles. The molecule has 0 spiro atoms. The van der Waals surface area contributed by atoms with Crippen LogP contribution >= 0.6 is 0 Å². The Morgan fingerprint density at radius 2 is 1.76 bits per heavy atom. The van der Waals surface area contributed by atoms with E-state index in [2.05, 4.69) is 16.2 Å². The Morgan fingerprint density at radius 3 is 2.36 bits per heavy atom. The van der Waals surface area contributed by atoms with Crippen molar-refractivity contribution in [1.29, 1.82) is 5.26 Å². The van der Waals surface area contributed by atoms with Crippen LogP contribution in [0.2, 0.25) is 0 Å². The summed E-state index contributed by atoms with van der Waals surface area (Å²) in [6.45, 7) is 3.89. The molecule has 2 amide bonds. The van der Waals surface area contributed by atoms with Gasteiger partial charge in [0, 0.05) is 22.2 Å². The molecular formula is C24H19FN6O2. The molecule has 8 nitrogen and oxygen atoms in total. The summed E-state index contributed by atoms with van der Waals surface area (Å²) in [4.78, 5) is 29.0. The third-order valence-electron chi connectivity index (χ3n) is 5.49. The van der Waals surface area contributed by atoms with Crippen LogP contribution in [0.15, 0.2) is 42.5 Å². The van der Waals surface area contributed by atoms with E-state index in [0.29, 0.717) is 29.1 Å². The summed E-state index contributed by atoms with van der Waals surface area (Å²) >= 11 is 0. The highest BCUT2D eigenvalue weighted by atomic mass is 19.1. The van der Waals surface area contributed by atoms with Crippen LogP contribution < -0.4 is 11.5 Å². The number of halogens is 1. The predicted molar refractivity (Wildman–Crippen MR) is 120 cm³/mol. The average molecular weight is 442 g/mol. The van der Waals surface area contributed by atoms with E-state index in [1.54, 1.807) is 30.7 Å². The Kier molecular flexibility index (Phi) is 5.35. The number of fused-ring (bicyclic) bond motifs is 1. The van der Waals surface area contributed by atoms with Crippen molar-refractivity contribution < 1.29 is 14.0 Å². The van der Waals surface area contributed by atoms with Crippen molar-refractivity contribution in [2.75, 3.05) is 0 Å². The van der Waals surface area contributed by atoms with Crippen molar-refractivity contribution in [3.05, 3.63) is 82.1 Å². The lowest BCUT2D eigenvalue weighted by Crippen LogP contribution is -2.21. The molecule has 2 aromatic heterocycles. The van der Waals surface area contributed by atoms with Crippen LogP contribution in [0.25, 0.3) is 22.0 Å². The van der Waals surface area contributed by atoms with Crippen LogP contribution in [-0.2, 0) is 6.54 Å². The Morgan fingerprint density at radius 1 is 1.06 bits per heavy atom. The Hall–Kier alpha value is -4.58.